The van der Waals surface area contributed by atoms with E-state index in [4.69, 9.17) is 16.7 Å². The van der Waals surface area contributed by atoms with Crippen molar-refractivity contribution in [1.29, 1.82) is 0 Å². The van der Waals surface area contributed by atoms with Crippen LogP contribution in [0.15, 0.2) is 22.7 Å². The van der Waals surface area contributed by atoms with Crippen LogP contribution in [0.4, 0.5) is 0 Å². The van der Waals surface area contributed by atoms with Crippen molar-refractivity contribution in [3.63, 3.8) is 0 Å². The molecule has 17 heavy (non-hydrogen) atoms. The molecule has 1 aromatic carbocycles. The lowest BCUT2D eigenvalue weighted by molar-refractivity contribution is 0.0722. The van der Waals surface area contributed by atoms with Gasteiger partial charge in [0.15, 0.2) is 0 Å². The summed E-state index contributed by atoms with van der Waals surface area (Å²) < 4.78 is 0.772. The highest BCUT2D eigenvalue weighted by Gasteiger charge is 2.15. The summed E-state index contributed by atoms with van der Waals surface area (Å²) in [5.74, 6) is -0.107. The first-order valence-corrected chi connectivity index (χ1v) is 6.61. The molecule has 0 fully saturated rings. The summed E-state index contributed by atoms with van der Waals surface area (Å²) in [4.78, 5) is 13.8. The average molecular weight is 321 g/mol. The molecule has 0 radical (unpaired) electrons. The van der Waals surface area contributed by atoms with Gasteiger partial charge in [0.05, 0.1) is 6.61 Å². The number of aliphatic hydroxyl groups excluding tert-OH is 1. The van der Waals surface area contributed by atoms with Crippen LogP contribution in [0, 0.1) is 0 Å². The van der Waals surface area contributed by atoms with Crippen LogP contribution in [0.2, 0.25) is 5.02 Å². The molecule has 0 aliphatic heterocycles. The fourth-order valence-corrected chi connectivity index (χ4v) is 2.43. The maximum atomic E-state index is 12.2. The van der Waals surface area contributed by atoms with E-state index in [9.17, 15) is 4.79 Å². The van der Waals surface area contributed by atoms with Crippen molar-refractivity contribution < 1.29 is 9.90 Å². The summed E-state index contributed by atoms with van der Waals surface area (Å²) in [6.45, 7) is 2.93. The normalized spacial score (nSPS) is 10.4. The van der Waals surface area contributed by atoms with Crippen LogP contribution >= 0.6 is 27.5 Å². The van der Waals surface area contributed by atoms with Crippen molar-refractivity contribution in [3.8, 4) is 0 Å². The van der Waals surface area contributed by atoms with Gasteiger partial charge in [-0.2, -0.15) is 0 Å². The third kappa shape index (κ3) is 4.30. The summed E-state index contributed by atoms with van der Waals surface area (Å²) in [7, 11) is 0. The number of halogens is 2. The predicted molar refractivity (Wildman–Crippen MR) is 72.4 cm³/mol. The van der Waals surface area contributed by atoms with Gasteiger partial charge in [0.1, 0.15) is 0 Å². The number of benzene rings is 1. The number of rotatable bonds is 5. The monoisotopic (exact) mass is 319 g/mol. The van der Waals surface area contributed by atoms with Gasteiger partial charge >= 0.3 is 0 Å². The van der Waals surface area contributed by atoms with Crippen molar-refractivity contribution in [2.75, 3.05) is 19.7 Å². The lowest BCUT2D eigenvalue weighted by atomic mass is 10.2. The first kappa shape index (κ1) is 14.5. The maximum absolute atomic E-state index is 12.2. The quantitative estimate of drug-likeness (QED) is 0.906. The molecule has 0 saturated carbocycles. The fourth-order valence-electron chi connectivity index (χ4n) is 1.57. The van der Waals surface area contributed by atoms with E-state index >= 15 is 0 Å². The van der Waals surface area contributed by atoms with Crippen molar-refractivity contribution >= 4 is 33.4 Å². The summed E-state index contributed by atoms with van der Waals surface area (Å²) >= 11 is 9.21. The molecule has 0 spiro atoms. The lowest BCUT2D eigenvalue weighted by Gasteiger charge is -2.21. The van der Waals surface area contributed by atoms with Crippen molar-refractivity contribution in [2.24, 2.45) is 0 Å². The van der Waals surface area contributed by atoms with E-state index in [1.165, 1.54) is 0 Å². The molecule has 0 atom stereocenters. The molecule has 0 heterocycles. The molecule has 1 rings (SSSR count). The molecule has 0 bridgehead atoms. The second-order valence-corrected chi connectivity index (χ2v) is 5.03. The molecular formula is C12H15BrClNO2. The third-order valence-corrected chi connectivity index (χ3v) is 2.94. The minimum atomic E-state index is -0.107. The Morgan fingerprint density at radius 3 is 2.65 bits per heavy atom. The number of amides is 1. The van der Waals surface area contributed by atoms with Crippen LogP contribution in [0.25, 0.3) is 0 Å². The summed E-state index contributed by atoms with van der Waals surface area (Å²) in [5.41, 5.74) is 0.534. The van der Waals surface area contributed by atoms with Gasteiger partial charge in [-0.25, -0.2) is 0 Å². The minimum Gasteiger partial charge on any atom is -0.395 e. The second kappa shape index (κ2) is 6.99. The zero-order valence-corrected chi connectivity index (χ0v) is 12.0. The lowest BCUT2D eigenvalue weighted by Crippen LogP contribution is -2.34. The summed E-state index contributed by atoms with van der Waals surface area (Å²) in [6.07, 6.45) is 0.855. The van der Waals surface area contributed by atoms with Gasteiger partial charge < -0.3 is 10.0 Å². The number of aliphatic hydroxyl groups is 1. The maximum Gasteiger partial charge on any atom is 0.254 e. The van der Waals surface area contributed by atoms with Gasteiger partial charge in [-0.05, 0) is 24.6 Å². The van der Waals surface area contributed by atoms with E-state index in [-0.39, 0.29) is 12.5 Å². The fraction of sp³-hybridized carbons (Fsp3) is 0.417. The largest absolute Gasteiger partial charge is 0.395 e. The number of hydrogen-bond acceptors (Lipinski definition) is 2. The van der Waals surface area contributed by atoms with E-state index in [1.807, 2.05) is 6.92 Å². The Hall–Kier alpha value is -0.580. The standard InChI is InChI=1S/C12H15BrClNO2/c1-2-3-15(4-5-16)12(17)9-6-10(13)8-11(14)7-9/h6-8,16H,2-5H2,1H3. The van der Waals surface area contributed by atoms with E-state index in [1.54, 1.807) is 23.1 Å². The van der Waals surface area contributed by atoms with Crippen LogP contribution in [-0.4, -0.2) is 35.6 Å². The Bertz CT molecular complexity index is 372. The molecule has 1 amide bonds. The van der Waals surface area contributed by atoms with E-state index in [0.29, 0.717) is 23.7 Å². The summed E-state index contributed by atoms with van der Waals surface area (Å²) in [5, 5.41) is 9.46. The smallest absolute Gasteiger partial charge is 0.254 e. The van der Waals surface area contributed by atoms with E-state index in [2.05, 4.69) is 15.9 Å². The zero-order chi connectivity index (χ0) is 12.8. The SMILES string of the molecule is CCCN(CCO)C(=O)c1cc(Cl)cc(Br)c1. The van der Waals surface area contributed by atoms with Crippen LogP contribution in [-0.2, 0) is 0 Å². The van der Waals surface area contributed by atoms with Gasteiger partial charge in [0.25, 0.3) is 5.91 Å². The molecule has 0 aliphatic rings. The van der Waals surface area contributed by atoms with E-state index in [0.717, 1.165) is 10.9 Å². The molecule has 0 aliphatic carbocycles. The number of carbonyl (C=O) groups is 1. The second-order valence-electron chi connectivity index (χ2n) is 3.67. The number of hydrogen-bond donors (Lipinski definition) is 1. The highest BCUT2D eigenvalue weighted by Crippen LogP contribution is 2.20. The molecule has 0 unspecified atom stereocenters. The first-order valence-electron chi connectivity index (χ1n) is 5.44. The molecule has 5 heteroatoms. The first-order chi connectivity index (χ1) is 8.08. The predicted octanol–water partition coefficient (Wildman–Crippen LogP) is 2.95. The van der Waals surface area contributed by atoms with Crippen molar-refractivity contribution in [3.05, 3.63) is 33.3 Å². The average Bonchev–Trinajstić information content (AvgIpc) is 2.26. The minimum absolute atomic E-state index is 0.0343. The number of carbonyl (C=O) groups excluding carboxylic acids is 1. The Morgan fingerprint density at radius 1 is 1.41 bits per heavy atom. The summed E-state index contributed by atoms with van der Waals surface area (Å²) in [6, 6.07) is 5.09. The zero-order valence-electron chi connectivity index (χ0n) is 9.62. The van der Waals surface area contributed by atoms with Gasteiger partial charge in [0.2, 0.25) is 0 Å². The molecule has 0 aromatic heterocycles. The van der Waals surface area contributed by atoms with Crippen molar-refractivity contribution in [1.82, 2.24) is 4.90 Å². The highest BCUT2D eigenvalue weighted by atomic mass is 79.9. The number of nitrogens with zero attached hydrogens (tertiary/aromatic N) is 1. The molecular weight excluding hydrogens is 305 g/mol. The van der Waals surface area contributed by atoms with Crippen LogP contribution in [0.5, 0.6) is 0 Å². The molecule has 94 valence electrons. The van der Waals surface area contributed by atoms with Crippen LogP contribution in [0.3, 0.4) is 0 Å². The Morgan fingerprint density at radius 2 is 2.12 bits per heavy atom. The Kier molecular flexibility index (Phi) is 5.95. The van der Waals surface area contributed by atoms with Crippen LogP contribution < -0.4 is 0 Å². The van der Waals surface area contributed by atoms with Gasteiger partial charge in [0, 0.05) is 28.1 Å². The van der Waals surface area contributed by atoms with Crippen molar-refractivity contribution in [2.45, 2.75) is 13.3 Å². The molecule has 0 saturated heterocycles. The van der Waals surface area contributed by atoms with Gasteiger partial charge in [-0.1, -0.05) is 34.5 Å². The van der Waals surface area contributed by atoms with Gasteiger partial charge in [-0.3, -0.25) is 4.79 Å². The topological polar surface area (TPSA) is 40.5 Å². The molecule has 1 aromatic rings. The van der Waals surface area contributed by atoms with E-state index < -0.39 is 0 Å². The molecule has 3 nitrogen and oxygen atoms in total. The van der Waals surface area contributed by atoms with Gasteiger partial charge in [-0.15, -0.1) is 0 Å². The third-order valence-electron chi connectivity index (χ3n) is 2.26. The van der Waals surface area contributed by atoms with Crippen LogP contribution in [0.1, 0.15) is 23.7 Å². The highest BCUT2D eigenvalue weighted by molar-refractivity contribution is 9.10. The molecule has 1 N–H and O–H groups in total. The Balaban J connectivity index is 2.92. The Labute approximate surface area is 115 Å².